The number of amides is 1. The van der Waals surface area contributed by atoms with E-state index in [2.05, 4.69) is 4.98 Å². The maximum absolute atomic E-state index is 12.6. The molecule has 1 unspecified atom stereocenters. The van der Waals surface area contributed by atoms with Gasteiger partial charge >= 0.3 is 12.1 Å². The molecule has 4 rings (SSSR count). The van der Waals surface area contributed by atoms with Crippen LogP contribution in [0.25, 0.3) is 0 Å². The summed E-state index contributed by atoms with van der Waals surface area (Å²) in [6.07, 6.45) is 0.928. The highest BCUT2D eigenvalue weighted by Crippen LogP contribution is 2.37. The molecule has 0 saturated carbocycles. The molecule has 2 aliphatic rings. The van der Waals surface area contributed by atoms with E-state index in [9.17, 15) is 18.0 Å². The summed E-state index contributed by atoms with van der Waals surface area (Å²) in [5.74, 6) is -2.03. The van der Waals surface area contributed by atoms with Crippen LogP contribution in [0.2, 0.25) is 0 Å². The second-order valence-electron chi connectivity index (χ2n) is 7.94. The summed E-state index contributed by atoms with van der Waals surface area (Å²) in [6.45, 7) is 4.35. The van der Waals surface area contributed by atoms with Gasteiger partial charge < -0.3 is 23.9 Å². The van der Waals surface area contributed by atoms with Crippen LogP contribution in [-0.4, -0.2) is 64.4 Å². The van der Waals surface area contributed by atoms with Gasteiger partial charge in [-0.05, 0) is 38.0 Å². The molecule has 4 heterocycles. The van der Waals surface area contributed by atoms with E-state index >= 15 is 0 Å². The SMILES string of the molecule is Cc1occc1C(=O)N1CCC2(CC1)CC(OCc1ccccn1)CO2.O=C(O)C(F)(F)F. The molecule has 0 radical (unpaired) electrons. The summed E-state index contributed by atoms with van der Waals surface area (Å²) in [5, 5.41) is 7.12. The molecule has 0 aromatic carbocycles. The van der Waals surface area contributed by atoms with Gasteiger partial charge in [-0.15, -0.1) is 0 Å². The van der Waals surface area contributed by atoms with Gasteiger partial charge in [0.05, 0.1) is 42.4 Å². The number of carbonyl (C=O) groups excluding carboxylic acids is 1. The van der Waals surface area contributed by atoms with Crippen LogP contribution in [0.15, 0.2) is 41.1 Å². The molecular weight excluding hydrogens is 445 g/mol. The Morgan fingerprint density at radius 2 is 1.97 bits per heavy atom. The second-order valence-corrected chi connectivity index (χ2v) is 7.94. The molecule has 2 aromatic heterocycles. The highest BCUT2D eigenvalue weighted by molar-refractivity contribution is 5.95. The lowest BCUT2D eigenvalue weighted by Crippen LogP contribution is -2.46. The van der Waals surface area contributed by atoms with E-state index in [1.165, 1.54) is 0 Å². The van der Waals surface area contributed by atoms with Gasteiger partial charge in [0, 0.05) is 25.7 Å². The van der Waals surface area contributed by atoms with Gasteiger partial charge in [-0.1, -0.05) is 6.07 Å². The van der Waals surface area contributed by atoms with E-state index in [1.807, 2.05) is 30.0 Å². The lowest BCUT2D eigenvalue weighted by atomic mass is 9.87. The van der Waals surface area contributed by atoms with Crippen LogP contribution in [0.3, 0.4) is 0 Å². The Kier molecular flexibility index (Phi) is 7.75. The summed E-state index contributed by atoms with van der Waals surface area (Å²) in [6, 6.07) is 7.58. The standard InChI is InChI=1S/C20H24N2O4.C2HF3O2/c1-15-18(5-11-24-15)19(23)22-9-6-20(7-10-22)12-17(14-26-20)25-13-16-4-2-3-8-21-16;3-2(4,5)1(6)7/h2-5,8,11,17H,6-7,9-10,12-14H2,1H3;(H,6,7). The Balaban J connectivity index is 0.000000383. The highest BCUT2D eigenvalue weighted by Gasteiger charge is 2.44. The van der Waals surface area contributed by atoms with Crippen LogP contribution in [0.4, 0.5) is 13.2 Å². The number of hydrogen-bond donors (Lipinski definition) is 1. The second kappa shape index (κ2) is 10.3. The molecule has 1 spiro atoms. The van der Waals surface area contributed by atoms with Gasteiger partial charge in [0.1, 0.15) is 5.76 Å². The van der Waals surface area contributed by atoms with Crippen LogP contribution in [0.1, 0.15) is 41.1 Å². The van der Waals surface area contributed by atoms with Crippen molar-refractivity contribution in [1.29, 1.82) is 0 Å². The molecule has 0 bridgehead atoms. The monoisotopic (exact) mass is 470 g/mol. The number of carbonyl (C=O) groups is 2. The topological polar surface area (TPSA) is 102 Å². The van der Waals surface area contributed by atoms with Gasteiger partial charge in [-0.2, -0.15) is 13.2 Å². The normalized spacial score (nSPS) is 19.8. The smallest absolute Gasteiger partial charge is 0.475 e. The van der Waals surface area contributed by atoms with Crippen molar-refractivity contribution in [2.24, 2.45) is 0 Å². The first-order valence-corrected chi connectivity index (χ1v) is 10.4. The fourth-order valence-electron chi connectivity index (χ4n) is 3.84. The number of nitrogens with zero attached hydrogens (tertiary/aromatic N) is 2. The third-order valence-corrected chi connectivity index (χ3v) is 5.66. The zero-order chi connectivity index (χ0) is 24.1. The number of piperidine rings is 1. The van der Waals surface area contributed by atoms with E-state index in [0.717, 1.165) is 25.0 Å². The van der Waals surface area contributed by atoms with Gasteiger partial charge in [0.15, 0.2) is 0 Å². The van der Waals surface area contributed by atoms with E-state index < -0.39 is 12.1 Å². The number of ether oxygens (including phenoxy) is 2. The largest absolute Gasteiger partial charge is 0.490 e. The molecule has 2 fully saturated rings. The van der Waals surface area contributed by atoms with Crippen LogP contribution >= 0.6 is 0 Å². The van der Waals surface area contributed by atoms with Crippen molar-refractivity contribution < 1.29 is 41.8 Å². The van der Waals surface area contributed by atoms with Gasteiger partial charge in [0.2, 0.25) is 0 Å². The maximum atomic E-state index is 12.6. The predicted octanol–water partition coefficient (Wildman–Crippen LogP) is 3.60. The first-order chi connectivity index (χ1) is 15.6. The molecule has 0 aliphatic carbocycles. The quantitative estimate of drug-likeness (QED) is 0.729. The number of alkyl halides is 3. The van der Waals surface area contributed by atoms with Crippen LogP contribution in [-0.2, 0) is 20.9 Å². The Labute approximate surface area is 188 Å². The molecule has 1 atom stereocenters. The number of furan rings is 1. The number of likely N-dealkylation sites (tertiary alicyclic amines) is 1. The van der Waals surface area contributed by atoms with Crippen molar-refractivity contribution in [3.05, 3.63) is 53.7 Å². The van der Waals surface area contributed by atoms with E-state index in [-0.39, 0.29) is 17.6 Å². The number of halogens is 3. The first kappa shape index (κ1) is 24.7. The van der Waals surface area contributed by atoms with Crippen LogP contribution < -0.4 is 0 Å². The number of aryl methyl sites for hydroxylation is 1. The molecule has 1 N–H and O–H groups in total. The summed E-state index contributed by atoms with van der Waals surface area (Å²) >= 11 is 0. The number of aromatic nitrogens is 1. The molecule has 11 heteroatoms. The summed E-state index contributed by atoms with van der Waals surface area (Å²) in [5.41, 5.74) is 1.44. The van der Waals surface area contributed by atoms with Crippen molar-refractivity contribution in [3.8, 4) is 0 Å². The third kappa shape index (κ3) is 6.55. The van der Waals surface area contributed by atoms with Crippen molar-refractivity contribution in [3.63, 3.8) is 0 Å². The summed E-state index contributed by atoms with van der Waals surface area (Å²) in [7, 11) is 0. The lowest BCUT2D eigenvalue weighted by molar-refractivity contribution is -0.192. The summed E-state index contributed by atoms with van der Waals surface area (Å²) < 4.78 is 49.1. The van der Waals surface area contributed by atoms with Crippen LogP contribution in [0, 0.1) is 6.92 Å². The van der Waals surface area contributed by atoms with E-state index in [4.69, 9.17) is 23.8 Å². The number of hydrogen-bond acceptors (Lipinski definition) is 6. The minimum atomic E-state index is -5.08. The average molecular weight is 470 g/mol. The molecular formula is C22H25F3N2O6. The van der Waals surface area contributed by atoms with Crippen molar-refractivity contribution in [2.45, 2.75) is 50.7 Å². The fraction of sp³-hybridized carbons (Fsp3) is 0.500. The fourth-order valence-corrected chi connectivity index (χ4v) is 3.84. The van der Waals surface area contributed by atoms with Crippen LogP contribution in [0.5, 0.6) is 0 Å². The number of carboxylic acids is 1. The minimum absolute atomic E-state index is 0.0482. The highest BCUT2D eigenvalue weighted by atomic mass is 19.4. The Morgan fingerprint density at radius 1 is 1.27 bits per heavy atom. The Bertz CT molecular complexity index is 939. The first-order valence-electron chi connectivity index (χ1n) is 10.4. The predicted molar refractivity (Wildman–Crippen MR) is 108 cm³/mol. The lowest BCUT2D eigenvalue weighted by Gasteiger charge is -2.38. The van der Waals surface area contributed by atoms with Gasteiger partial charge in [-0.25, -0.2) is 4.79 Å². The third-order valence-electron chi connectivity index (χ3n) is 5.66. The van der Waals surface area contributed by atoms with Crippen molar-refractivity contribution in [1.82, 2.24) is 9.88 Å². The molecule has 8 nitrogen and oxygen atoms in total. The van der Waals surface area contributed by atoms with Gasteiger partial charge in [-0.3, -0.25) is 9.78 Å². The molecule has 2 aromatic rings. The zero-order valence-corrected chi connectivity index (χ0v) is 18.0. The average Bonchev–Trinajstić information content (AvgIpc) is 3.39. The number of pyridine rings is 1. The number of rotatable bonds is 4. The maximum Gasteiger partial charge on any atom is 0.490 e. The Hall–Kier alpha value is -2.92. The number of carboxylic acid groups (broad SMARTS) is 1. The molecule has 180 valence electrons. The van der Waals surface area contributed by atoms with Crippen molar-refractivity contribution in [2.75, 3.05) is 19.7 Å². The van der Waals surface area contributed by atoms with Crippen molar-refractivity contribution >= 4 is 11.9 Å². The van der Waals surface area contributed by atoms with Gasteiger partial charge in [0.25, 0.3) is 5.91 Å². The number of aliphatic carboxylic acids is 1. The molecule has 2 saturated heterocycles. The molecule has 1 amide bonds. The molecule has 2 aliphatic heterocycles. The molecule has 33 heavy (non-hydrogen) atoms. The van der Waals surface area contributed by atoms with E-state index in [1.54, 1.807) is 18.5 Å². The zero-order valence-electron chi connectivity index (χ0n) is 18.0. The van der Waals surface area contributed by atoms with E-state index in [0.29, 0.717) is 37.6 Å². The summed E-state index contributed by atoms with van der Waals surface area (Å²) in [4.78, 5) is 27.7. The minimum Gasteiger partial charge on any atom is -0.475 e. The Morgan fingerprint density at radius 3 is 2.52 bits per heavy atom.